The molecule has 0 fully saturated rings. The van der Waals surface area contributed by atoms with Crippen molar-refractivity contribution in [2.75, 3.05) is 6.61 Å². The van der Waals surface area contributed by atoms with Crippen molar-refractivity contribution < 1.29 is 14.3 Å². The van der Waals surface area contributed by atoms with Crippen LogP contribution in [0.1, 0.15) is 58.8 Å². The van der Waals surface area contributed by atoms with E-state index in [0.29, 0.717) is 5.02 Å². The number of carbonyl (C=O) groups is 1. The van der Waals surface area contributed by atoms with E-state index in [1.165, 1.54) is 6.07 Å². The predicted octanol–water partition coefficient (Wildman–Crippen LogP) is 6.60. The molecule has 0 saturated heterocycles. The Bertz CT molecular complexity index is 1210. The van der Waals surface area contributed by atoms with Crippen molar-refractivity contribution in [2.45, 2.75) is 60.2 Å². The molecule has 5 nitrogen and oxygen atoms in total. The Labute approximate surface area is 200 Å². The van der Waals surface area contributed by atoms with Crippen molar-refractivity contribution in [3.05, 3.63) is 69.0 Å². The molecule has 0 aliphatic heterocycles. The summed E-state index contributed by atoms with van der Waals surface area (Å²) in [6.07, 6.45) is -0.515. The number of H-pyrrole nitrogens is 1. The zero-order valence-electron chi connectivity index (χ0n) is 20.3. The van der Waals surface area contributed by atoms with Gasteiger partial charge in [-0.25, -0.2) is 0 Å². The topological polar surface area (TPSA) is 68.4 Å². The first-order valence-electron chi connectivity index (χ1n) is 11.0. The second-order valence-electron chi connectivity index (χ2n) is 10.3. The number of hydrogen-bond acceptors (Lipinski definition) is 4. The van der Waals surface area contributed by atoms with E-state index in [9.17, 15) is 9.59 Å². The summed E-state index contributed by atoms with van der Waals surface area (Å²) in [5.74, 6) is -0.291. The molecular weight excluding hydrogens is 438 g/mol. The first-order valence-corrected chi connectivity index (χ1v) is 11.4. The van der Waals surface area contributed by atoms with E-state index in [0.717, 1.165) is 33.2 Å². The molecule has 0 aliphatic rings. The molecule has 0 amide bonds. The van der Waals surface area contributed by atoms with Crippen LogP contribution in [-0.4, -0.2) is 23.2 Å². The lowest BCUT2D eigenvalue weighted by Gasteiger charge is -2.31. The van der Waals surface area contributed by atoms with E-state index in [2.05, 4.69) is 4.98 Å². The van der Waals surface area contributed by atoms with Crippen molar-refractivity contribution in [3.63, 3.8) is 0 Å². The maximum absolute atomic E-state index is 12.6. The fourth-order valence-corrected chi connectivity index (χ4v) is 3.90. The lowest BCUT2D eigenvalue weighted by atomic mass is 9.88. The average molecular weight is 470 g/mol. The smallest absolute Gasteiger partial charge is 0.311 e. The highest BCUT2D eigenvalue weighted by molar-refractivity contribution is 6.30. The Balaban J connectivity index is 2.25. The highest BCUT2D eigenvalue weighted by Crippen LogP contribution is 2.40. The SMILES string of the molecule is Cc1cc2[nH]c(=O)ccc2c(-c2ccc(Cl)cc2)c1[C@H](COC(=O)C(C)(C)C)OC(C)(C)C. The van der Waals surface area contributed by atoms with Crippen LogP contribution in [0.15, 0.2) is 47.3 Å². The number of rotatable bonds is 5. The van der Waals surface area contributed by atoms with Crippen LogP contribution in [0.4, 0.5) is 0 Å². The molecule has 3 aromatic rings. The zero-order chi connectivity index (χ0) is 24.6. The molecule has 1 N–H and O–H groups in total. The van der Waals surface area contributed by atoms with Gasteiger partial charge in [-0.2, -0.15) is 0 Å². The Kier molecular flexibility index (Phi) is 7.06. The number of aromatic nitrogens is 1. The van der Waals surface area contributed by atoms with Crippen molar-refractivity contribution in [1.82, 2.24) is 4.98 Å². The quantitative estimate of drug-likeness (QED) is 0.427. The van der Waals surface area contributed by atoms with Gasteiger partial charge in [-0.1, -0.05) is 23.7 Å². The Morgan fingerprint density at radius 2 is 1.67 bits per heavy atom. The summed E-state index contributed by atoms with van der Waals surface area (Å²) in [6.45, 7) is 13.4. The summed E-state index contributed by atoms with van der Waals surface area (Å²) in [5, 5.41) is 1.51. The summed E-state index contributed by atoms with van der Waals surface area (Å²) in [7, 11) is 0. The zero-order valence-corrected chi connectivity index (χ0v) is 21.1. The number of nitrogens with one attached hydrogen (secondary N) is 1. The number of aryl methyl sites for hydroxylation is 1. The maximum atomic E-state index is 12.6. The van der Waals surface area contributed by atoms with Gasteiger partial charge in [-0.05, 0) is 95.0 Å². The molecule has 33 heavy (non-hydrogen) atoms. The molecule has 1 heterocycles. The Hall–Kier alpha value is -2.63. The summed E-state index contributed by atoms with van der Waals surface area (Å²) >= 11 is 6.16. The minimum absolute atomic E-state index is 0.0731. The lowest BCUT2D eigenvalue weighted by molar-refractivity contribution is -0.162. The molecule has 1 aromatic heterocycles. The van der Waals surface area contributed by atoms with E-state index in [1.54, 1.807) is 0 Å². The summed E-state index contributed by atoms with van der Waals surface area (Å²) in [6, 6.07) is 12.8. The Morgan fingerprint density at radius 3 is 2.24 bits per heavy atom. The molecule has 0 radical (unpaired) electrons. The molecule has 0 bridgehead atoms. The van der Waals surface area contributed by atoms with Gasteiger partial charge in [0.25, 0.3) is 0 Å². The van der Waals surface area contributed by atoms with Gasteiger partial charge in [0.05, 0.1) is 11.0 Å². The van der Waals surface area contributed by atoms with Gasteiger partial charge in [0.1, 0.15) is 12.7 Å². The van der Waals surface area contributed by atoms with Crippen LogP contribution in [0.3, 0.4) is 0 Å². The second-order valence-corrected chi connectivity index (χ2v) is 10.8. The number of ether oxygens (including phenoxy) is 2. The van der Waals surface area contributed by atoms with Crippen LogP contribution in [-0.2, 0) is 14.3 Å². The molecular formula is C27H32ClNO4. The van der Waals surface area contributed by atoms with Gasteiger partial charge < -0.3 is 14.5 Å². The summed E-state index contributed by atoms with van der Waals surface area (Å²) in [5.41, 5.74) is 3.14. The number of aromatic amines is 1. The molecule has 2 aromatic carbocycles. The van der Waals surface area contributed by atoms with Crippen LogP contribution in [0.5, 0.6) is 0 Å². The van der Waals surface area contributed by atoms with Crippen molar-refractivity contribution >= 4 is 28.5 Å². The highest BCUT2D eigenvalue weighted by Gasteiger charge is 2.30. The predicted molar refractivity (Wildman–Crippen MR) is 134 cm³/mol. The third-order valence-electron chi connectivity index (χ3n) is 5.20. The van der Waals surface area contributed by atoms with E-state index in [-0.39, 0.29) is 18.1 Å². The first-order chi connectivity index (χ1) is 15.3. The number of halogens is 1. The molecule has 0 aliphatic carbocycles. The lowest BCUT2D eigenvalue weighted by Crippen LogP contribution is -2.30. The van der Waals surface area contributed by atoms with E-state index in [1.807, 2.05) is 84.9 Å². The monoisotopic (exact) mass is 469 g/mol. The van der Waals surface area contributed by atoms with Gasteiger partial charge in [-0.15, -0.1) is 0 Å². The number of carbonyl (C=O) groups excluding carboxylic acids is 1. The van der Waals surface area contributed by atoms with Crippen molar-refractivity contribution in [2.24, 2.45) is 5.41 Å². The molecule has 0 saturated carbocycles. The average Bonchev–Trinajstić information content (AvgIpc) is 2.69. The second kappa shape index (κ2) is 9.32. The van der Waals surface area contributed by atoms with Crippen LogP contribution < -0.4 is 5.56 Å². The Morgan fingerprint density at radius 1 is 1.03 bits per heavy atom. The molecule has 176 valence electrons. The fraction of sp³-hybridized carbons (Fsp3) is 0.407. The third kappa shape index (κ3) is 6.04. The van der Waals surface area contributed by atoms with Gasteiger partial charge in [0.15, 0.2) is 0 Å². The fourth-order valence-electron chi connectivity index (χ4n) is 3.77. The minimum atomic E-state index is -0.622. The van der Waals surface area contributed by atoms with Gasteiger partial charge in [0.2, 0.25) is 5.56 Å². The maximum Gasteiger partial charge on any atom is 0.311 e. The molecule has 3 rings (SSSR count). The van der Waals surface area contributed by atoms with Crippen LogP contribution >= 0.6 is 11.6 Å². The summed E-state index contributed by atoms with van der Waals surface area (Å²) < 4.78 is 12.2. The van der Waals surface area contributed by atoms with Crippen molar-refractivity contribution in [1.29, 1.82) is 0 Å². The molecule has 1 atom stereocenters. The largest absolute Gasteiger partial charge is 0.462 e. The highest BCUT2D eigenvalue weighted by atomic mass is 35.5. The van der Waals surface area contributed by atoms with Crippen LogP contribution in [0.2, 0.25) is 5.02 Å². The number of hydrogen-bond donors (Lipinski definition) is 1. The number of fused-ring (bicyclic) bond motifs is 1. The molecule has 0 spiro atoms. The first kappa shape index (κ1) is 25.0. The van der Waals surface area contributed by atoms with Gasteiger partial charge >= 0.3 is 5.97 Å². The molecule has 0 unspecified atom stereocenters. The summed E-state index contributed by atoms with van der Waals surface area (Å²) in [4.78, 5) is 27.5. The van der Waals surface area contributed by atoms with Crippen LogP contribution in [0.25, 0.3) is 22.0 Å². The molecule has 6 heteroatoms. The third-order valence-corrected chi connectivity index (χ3v) is 5.45. The minimum Gasteiger partial charge on any atom is -0.462 e. The normalized spacial score (nSPS) is 13.2. The van der Waals surface area contributed by atoms with Gasteiger partial charge in [-0.3, -0.25) is 9.59 Å². The number of esters is 1. The standard InChI is InChI=1S/C27H32ClNO4/c1-16-14-20-19(12-13-22(30)29-20)24(17-8-10-18(28)11-9-17)23(16)21(33-27(5,6)7)15-32-25(31)26(2,3)4/h8-14,21H,15H2,1-7H3,(H,29,30)/t21-/m0/s1. The van der Waals surface area contributed by atoms with Crippen LogP contribution in [0, 0.1) is 12.3 Å². The van der Waals surface area contributed by atoms with Crippen molar-refractivity contribution in [3.8, 4) is 11.1 Å². The van der Waals surface area contributed by atoms with E-state index >= 15 is 0 Å². The van der Waals surface area contributed by atoms with E-state index in [4.69, 9.17) is 21.1 Å². The number of benzene rings is 2. The van der Waals surface area contributed by atoms with Gasteiger partial charge in [0, 0.05) is 22.0 Å². The number of pyridine rings is 1. The van der Waals surface area contributed by atoms with E-state index < -0.39 is 17.1 Å².